The fourth-order valence-electron chi connectivity index (χ4n) is 9.52. The fraction of sp³-hybridized carbons (Fsp3) is 0. The van der Waals surface area contributed by atoms with Crippen LogP contribution in [0.5, 0.6) is 0 Å². The van der Waals surface area contributed by atoms with Gasteiger partial charge in [0.2, 0.25) is 0 Å². The number of rotatable bonds is 4. The molecule has 13 rings (SSSR count). The Morgan fingerprint density at radius 2 is 0.810 bits per heavy atom. The number of hydrogen-bond acceptors (Lipinski definition) is 2. The molecule has 270 valence electrons. The molecule has 0 bridgehead atoms. The van der Waals surface area contributed by atoms with Gasteiger partial charge in [-0.05, 0) is 107 Å². The van der Waals surface area contributed by atoms with Crippen molar-refractivity contribution in [2.45, 2.75) is 0 Å². The summed E-state index contributed by atoms with van der Waals surface area (Å²) in [6.07, 6.45) is 0. The number of aromatic nitrogens is 2. The summed E-state index contributed by atoms with van der Waals surface area (Å²) in [4.78, 5) is 0. The SMILES string of the molecule is c1ccc(-n2c3ccccc3c3cc(-c4ccc5oc6cccc(-c7ccc8c(c7)c7cc9c(cc7n8-c7ccccc7)oc7ccccc79)c6c5c4)ccc32)cc1. The molecule has 0 radical (unpaired) electrons. The van der Waals surface area contributed by atoms with Crippen LogP contribution in [0, 0.1) is 0 Å². The zero-order chi connectivity index (χ0) is 37.9. The lowest BCUT2D eigenvalue weighted by molar-refractivity contribution is 0.669. The Kier molecular flexibility index (Phi) is 6.41. The van der Waals surface area contributed by atoms with Gasteiger partial charge in [-0.2, -0.15) is 0 Å². The Balaban J connectivity index is 1.01. The summed E-state index contributed by atoms with van der Waals surface area (Å²) in [7, 11) is 0. The van der Waals surface area contributed by atoms with E-state index in [2.05, 4.69) is 191 Å². The Morgan fingerprint density at radius 1 is 0.276 bits per heavy atom. The highest BCUT2D eigenvalue weighted by Gasteiger charge is 2.20. The lowest BCUT2D eigenvalue weighted by Crippen LogP contribution is -1.93. The Hall–Kier alpha value is -7.82. The molecular formula is C54H32N2O2. The minimum Gasteiger partial charge on any atom is -0.456 e. The summed E-state index contributed by atoms with van der Waals surface area (Å²) in [6.45, 7) is 0. The predicted molar refractivity (Wildman–Crippen MR) is 241 cm³/mol. The van der Waals surface area contributed by atoms with Crippen LogP contribution >= 0.6 is 0 Å². The van der Waals surface area contributed by atoms with E-state index in [1.54, 1.807) is 0 Å². The first-order valence-electron chi connectivity index (χ1n) is 19.7. The van der Waals surface area contributed by atoms with Crippen molar-refractivity contribution in [1.29, 1.82) is 0 Å². The van der Waals surface area contributed by atoms with Gasteiger partial charge >= 0.3 is 0 Å². The van der Waals surface area contributed by atoms with Crippen molar-refractivity contribution in [3.63, 3.8) is 0 Å². The number of para-hydroxylation sites is 4. The van der Waals surface area contributed by atoms with Crippen molar-refractivity contribution in [2.24, 2.45) is 0 Å². The van der Waals surface area contributed by atoms with Crippen LogP contribution in [0.1, 0.15) is 0 Å². The van der Waals surface area contributed by atoms with Gasteiger partial charge in [-0.15, -0.1) is 0 Å². The van der Waals surface area contributed by atoms with Gasteiger partial charge in [0.05, 0.1) is 22.1 Å². The van der Waals surface area contributed by atoms with Crippen LogP contribution in [0.3, 0.4) is 0 Å². The van der Waals surface area contributed by atoms with Gasteiger partial charge in [0.15, 0.2) is 0 Å². The van der Waals surface area contributed by atoms with E-state index < -0.39 is 0 Å². The second-order valence-corrected chi connectivity index (χ2v) is 15.3. The summed E-state index contributed by atoms with van der Waals surface area (Å²) in [5.74, 6) is 0. The number of furan rings is 2. The molecule has 4 heterocycles. The molecule has 0 fully saturated rings. The smallest absolute Gasteiger partial charge is 0.137 e. The molecule has 0 amide bonds. The first-order chi connectivity index (χ1) is 28.7. The lowest BCUT2D eigenvalue weighted by Gasteiger charge is -2.09. The van der Waals surface area contributed by atoms with E-state index in [1.165, 1.54) is 38.1 Å². The molecule has 0 N–H and O–H groups in total. The van der Waals surface area contributed by atoms with Crippen LogP contribution in [0.2, 0.25) is 0 Å². The molecule has 13 aromatic rings. The molecule has 0 saturated carbocycles. The normalized spacial score (nSPS) is 12.1. The monoisotopic (exact) mass is 740 g/mol. The van der Waals surface area contributed by atoms with Gasteiger partial charge in [0.25, 0.3) is 0 Å². The standard InChI is InChI=1S/C54H32N2O2/c1-3-12-36(13-4-1)55-46-19-9-7-16-39(46)41-28-33(22-25-47(41)55)34-24-27-51-45(29-34)54-38(18-11-21-52(54)57-51)35-23-26-48-42(30-35)43-31-44-40-17-8-10-20-50(40)58-53(44)32-49(43)56(48)37-14-5-2-6-15-37/h1-32H. The van der Waals surface area contributed by atoms with Gasteiger partial charge < -0.3 is 18.0 Å². The second-order valence-electron chi connectivity index (χ2n) is 15.3. The lowest BCUT2D eigenvalue weighted by atomic mass is 9.96. The summed E-state index contributed by atoms with van der Waals surface area (Å²) in [6, 6.07) is 69.5. The first-order valence-corrected chi connectivity index (χ1v) is 19.7. The van der Waals surface area contributed by atoms with Crippen molar-refractivity contribution in [2.75, 3.05) is 0 Å². The van der Waals surface area contributed by atoms with Crippen LogP contribution in [-0.4, -0.2) is 9.13 Å². The van der Waals surface area contributed by atoms with Gasteiger partial charge in [0.1, 0.15) is 22.3 Å². The first kappa shape index (κ1) is 31.4. The van der Waals surface area contributed by atoms with Crippen LogP contribution in [0.25, 0.3) is 121 Å². The molecular weight excluding hydrogens is 709 g/mol. The summed E-state index contributed by atoms with van der Waals surface area (Å²) in [5, 5.41) is 9.34. The van der Waals surface area contributed by atoms with Gasteiger partial charge in [0, 0.05) is 60.5 Å². The topological polar surface area (TPSA) is 36.1 Å². The fourth-order valence-corrected chi connectivity index (χ4v) is 9.52. The number of fused-ring (bicyclic) bond motifs is 12. The quantitative estimate of drug-likeness (QED) is 0.180. The average Bonchev–Trinajstić information content (AvgIpc) is 4.03. The maximum atomic E-state index is 6.57. The van der Waals surface area contributed by atoms with E-state index in [0.29, 0.717) is 0 Å². The highest BCUT2D eigenvalue weighted by molar-refractivity contribution is 6.19. The summed E-state index contributed by atoms with van der Waals surface area (Å²) in [5.41, 5.74) is 15.1. The molecule has 0 saturated heterocycles. The van der Waals surface area contributed by atoms with Crippen molar-refractivity contribution in [1.82, 2.24) is 9.13 Å². The molecule has 0 atom stereocenters. The molecule has 58 heavy (non-hydrogen) atoms. The molecule has 0 aliphatic heterocycles. The average molecular weight is 741 g/mol. The highest BCUT2D eigenvalue weighted by Crippen LogP contribution is 2.43. The zero-order valence-corrected chi connectivity index (χ0v) is 31.2. The summed E-state index contributed by atoms with van der Waals surface area (Å²) >= 11 is 0. The van der Waals surface area contributed by atoms with E-state index in [0.717, 1.165) is 83.0 Å². The zero-order valence-electron chi connectivity index (χ0n) is 31.2. The largest absolute Gasteiger partial charge is 0.456 e. The van der Waals surface area contributed by atoms with Crippen molar-refractivity contribution in [3.8, 4) is 33.6 Å². The minimum atomic E-state index is 0.879. The van der Waals surface area contributed by atoms with Gasteiger partial charge in [-0.3, -0.25) is 0 Å². The molecule has 0 aliphatic carbocycles. The Morgan fingerprint density at radius 3 is 1.60 bits per heavy atom. The number of hydrogen-bond donors (Lipinski definition) is 0. The summed E-state index contributed by atoms with van der Waals surface area (Å²) < 4.78 is 17.7. The third-order valence-electron chi connectivity index (χ3n) is 12.1. The van der Waals surface area contributed by atoms with Crippen LogP contribution in [0.15, 0.2) is 203 Å². The number of benzene rings is 9. The number of nitrogens with zero attached hydrogens (tertiary/aromatic N) is 2. The van der Waals surface area contributed by atoms with Crippen LogP contribution < -0.4 is 0 Å². The minimum absolute atomic E-state index is 0.879. The van der Waals surface area contributed by atoms with Crippen LogP contribution in [0.4, 0.5) is 0 Å². The molecule has 0 aliphatic rings. The Labute approximate surface area is 332 Å². The van der Waals surface area contributed by atoms with E-state index in [4.69, 9.17) is 8.83 Å². The third-order valence-corrected chi connectivity index (χ3v) is 12.1. The van der Waals surface area contributed by atoms with E-state index >= 15 is 0 Å². The van der Waals surface area contributed by atoms with E-state index in [1.807, 2.05) is 12.1 Å². The van der Waals surface area contributed by atoms with Crippen molar-refractivity contribution in [3.05, 3.63) is 194 Å². The molecule has 0 unspecified atom stereocenters. The molecule has 4 heteroatoms. The maximum Gasteiger partial charge on any atom is 0.137 e. The second kappa shape index (κ2) is 11.8. The van der Waals surface area contributed by atoms with Gasteiger partial charge in [-0.25, -0.2) is 0 Å². The molecule has 4 aromatic heterocycles. The highest BCUT2D eigenvalue weighted by atomic mass is 16.3. The molecule has 9 aromatic carbocycles. The maximum absolute atomic E-state index is 6.57. The van der Waals surface area contributed by atoms with Gasteiger partial charge in [-0.1, -0.05) is 103 Å². The van der Waals surface area contributed by atoms with E-state index in [9.17, 15) is 0 Å². The predicted octanol–water partition coefficient (Wildman–Crippen LogP) is 15.0. The van der Waals surface area contributed by atoms with Crippen molar-refractivity contribution >= 4 is 87.5 Å². The molecule has 4 nitrogen and oxygen atoms in total. The van der Waals surface area contributed by atoms with Crippen molar-refractivity contribution < 1.29 is 8.83 Å². The molecule has 0 spiro atoms. The third kappa shape index (κ3) is 4.45. The Bertz CT molecular complexity index is 3790. The van der Waals surface area contributed by atoms with E-state index in [-0.39, 0.29) is 0 Å². The van der Waals surface area contributed by atoms with Crippen LogP contribution in [-0.2, 0) is 0 Å².